The Labute approximate surface area is 168 Å². The summed E-state index contributed by atoms with van der Waals surface area (Å²) < 4.78 is 1.18. The third-order valence-electron chi connectivity index (χ3n) is 5.48. The van der Waals surface area contributed by atoms with Crippen LogP contribution >= 0.6 is 15.9 Å². The summed E-state index contributed by atoms with van der Waals surface area (Å²) in [6.07, 6.45) is 8.11. The van der Waals surface area contributed by atoms with Gasteiger partial charge < -0.3 is 0 Å². The van der Waals surface area contributed by atoms with Gasteiger partial charge in [0.1, 0.15) is 0 Å². The molecule has 0 nitrogen and oxygen atoms in total. The number of allylic oxidation sites excluding steroid dienone is 4. The van der Waals surface area contributed by atoms with Gasteiger partial charge in [-0.25, -0.2) is 0 Å². The molecule has 4 aromatic rings. The molecule has 0 saturated carbocycles. The summed E-state index contributed by atoms with van der Waals surface area (Å²) in [7, 11) is 0. The predicted octanol–water partition coefficient (Wildman–Crippen LogP) is 7.88. The fraction of sp³-hybridized carbons (Fsp3) is 0.0769. The van der Waals surface area contributed by atoms with Gasteiger partial charge in [-0.2, -0.15) is 0 Å². The normalized spacial score (nSPS) is 16.6. The maximum atomic E-state index is 3.84. The summed E-state index contributed by atoms with van der Waals surface area (Å²) in [4.78, 5) is 0. The number of fused-ring (bicyclic) bond motifs is 2. The number of rotatable bonds is 2. The number of benzene rings is 4. The first-order valence-electron chi connectivity index (χ1n) is 9.35. The summed E-state index contributed by atoms with van der Waals surface area (Å²) >= 11 is 3.84. The summed E-state index contributed by atoms with van der Waals surface area (Å²) in [5.41, 5.74) is 4.05. The fourth-order valence-corrected chi connectivity index (χ4v) is 4.83. The van der Waals surface area contributed by atoms with Crippen LogP contribution in [0.25, 0.3) is 27.1 Å². The van der Waals surface area contributed by atoms with E-state index in [1.54, 1.807) is 0 Å². The van der Waals surface area contributed by atoms with Crippen molar-refractivity contribution >= 4 is 43.0 Å². The Hall–Kier alpha value is -2.64. The second-order valence-corrected chi connectivity index (χ2v) is 7.84. The van der Waals surface area contributed by atoms with Gasteiger partial charge in [0.25, 0.3) is 0 Å². The zero-order chi connectivity index (χ0) is 18.2. The second-order valence-electron chi connectivity index (χ2n) is 7.05. The summed E-state index contributed by atoms with van der Waals surface area (Å²) in [5, 5.41) is 5.14. The highest BCUT2D eigenvalue weighted by Gasteiger charge is 2.17. The van der Waals surface area contributed by atoms with E-state index < -0.39 is 0 Å². The van der Waals surface area contributed by atoms with Crippen LogP contribution in [-0.4, -0.2) is 0 Å². The number of hydrogen-bond donors (Lipinski definition) is 0. The van der Waals surface area contributed by atoms with Crippen LogP contribution < -0.4 is 0 Å². The van der Waals surface area contributed by atoms with Crippen molar-refractivity contribution in [2.24, 2.45) is 0 Å². The van der Waals surface area contributed by atoms with Crippen molar-refractivity contribution in [1.29, 1.82) is 0 Å². The summed E-state index contributed by atoms with van der Waals surface area (Å²) in [5.74, 6) is 0.461. The molecule has 1 atom stereocenters. The lowest BCUT2D eigenvalue weighted by molar-refractivity contribution is 0.857. The Kier molecular flexibility index (Phi) is 4.18. The molecule has 0 radical (unpaired) electrons. The van der Waals surface area contributed by atoms with Gasteiger partial charge in [-0.3, -0.25) is 0 Å². The third-order valence-corrected chi connectivity index (χ3v) is 6.34. The lowest BCUT2D eigenvalue weighted by atomic mass is 9.85. The Morgan fingerprint density at radius 2 is 1.22 bits per heavy atom. The van der Waals surface area contributed by atoms with E-state index in [2.05, 4.69) is 113 Å². The van der Waals surface area contributed by atoms with Crippen LogP contribution in [0.2, 0.25) is 0 Å². The molecule has 130 valence electrons. The smallest absolute Gasteiger partial charge is 0.0332 e. The lowest BCUT2D eigenvalue weighted by Gasteiger charge is -2.20. The predicted molar refractivity (Wildman–Crippen MR) is 120 cm³/mol. The molecule has 0 saturated heterocycles. The minimum absolute atomic E-state index is 0.461. The molecule has 0 heterocycles. The van der Waals surface area contributed by atoms with E-state index in [1.807, 2.05) is 0 Å². The van der Waals surface area contributed by atoms with Crippen LogP contribution in [0, 0.1) is 0 Å². The zero-order valence-electron chi connectivity index (χ0n) is 14.9. The van der Waals surface area contributed by atoms with E-state index in [4.69, 9.17) is 0 Å². The molecule has 0 spiro atoms. The van der Waals surface area contributed by atoms with E-state index in [9.17, 15) is 0 Å². The Balaban J connectivity index is 1.68. The Morgan fingerprint density at radius 3 is 1.78 bits per heavy atom. The van der Waals surface area contributed by atoms with Crippen molar-refractivity contribution in [2.45, 2.75) is 12.3 Å². The molecule has 0 amide bonds. The Bertz CT molecular complexity index is 1140. The minimum Gasteiger partial charge on any atom is -0.0761 e. The average molecular weight is 411 g/mol. The van der Waals surface area contributed by atoms with Gasteiger partial charge in [-0.15, -0.1) is 0 Å². The minimum atomic E-state index is 0.461. The first kappa shape index (κ1) is 16.5. The average Bonchev–Trinajstić information content (AvgIpc) is 2.75. The largest absolute Gasteiger partial charge is 0.0761 e. The number of hydrogen-bond acceptors (Lipinski definition) is 0. The van der Waals surface area contributed by atoms with Gasteiger partial charge in [0, 0.05) is 10.4 Å². The van der Waals surface area contributed by atoms with Crippen molar-refractivity contribution in [1.82, 2.24) is 0 Å². The second kappa shape index (κ2) is 6.83. The maximum absolute atomic E-state index is 3.84. The molecule has 4 aromatic carbocycles. The first-order valence-corrected chi connectivity index (χ1v) is 10.1. The molecule has 0 aliphatic heterocycles. The molecule has 0 aromatic heterocycles. The highest BCUT2D eigenvalue weighted by molar-refractivity contribution is 9.10. The quantitative estimate of drug-likeness (QED) is 0.294. The lowest BCUT2D eigenvalue weighted by Crippen LogP contribution is -1.99. The molecule has 0 bridgehead atoms. The number of halogens is 1. The van der Waals surface area contributed by atoms with E-state index in [-0.39, 0.29) is 0 Å². The highest BCUT2D eigenvalue weighted by atomic mass is 79.9. The molecule has 1 heteroatoms. The molecule has 1 unspecified atom stereocenters. The van der Waals surface area contributed by atoms with Gasteiger partial charge in [0.2, 0.25) is 0 Å². The monoisotopic (exact) mass is 410 g/mol. The van der Waals surface area contributed by atoms with Crippen molar-refractivity contribution in [3.05, 3.63) is 113 Å². The zero-order valence-corrected chi connectivity index (χ0v) is 16.5. The topological polar surface area (TPSA) is 0 Å². The molecule has 5 rings (SSSR count). The van der Waals surface area contributed by atoms with Crippen LogP contribution in [-0.2, 0) is 0 Å². The summed E-state index contributed by atoms with van der Waals surface area (Å²) in [6, 6.07) is 28.1. The van der Waals surface area contributed by atoms with Gasteiger partial charge in [0.15, 0.2) is 0 Å². The molecule has 0 fully saturated rings. The Morgan fingerprint density at radius 1 is 0.667 bits per heavy atom. The van der Waals surface area contributed by atoms with Crippen molar-refractivity contribution in [3.8, 4) is 0 Å². The standard InChI is InChI=1S/C26H19Br/c27-26-23-12-6-4-10-21(23)25(22-11-5-7-13-24(22)26)20-16-14-19(15-17-20)18-8-2-1-3-9-18/h1-14,16-17,19H,15H2. The molecule has 1 aliphatic carbocycles. The highest BCUT2D eigenvalue weighted by Crippen LogP contribution is 2.41. The van der Waals surface area contributed by atoms with Crippen LogP contribution in [0.1, 0.15) is 23.5 Å². The van der Waals surface area contributed by atoms with Crippen LogP contribution in [0.5, 0.6) is 0 Å². The van der Waals surface area contributed by atoms with Crippen LogP contribution in [0.4, 0.5) is 0 Å². The van der Waals surface area contributed by atoms with Gasteiger partial charge in [0.05, 0.1) is 0 Å². The van der Waals surface area contributed by atoms with E-state index in [1.165, 1.54) is 42.7 Å². The summed E-state index contributed by atoms with van der Waals surface area (Å²) in [6.45, 7) is 0. The van der Waals surface area contributed by atoms with Gasteiger partial charge in [-0.1, -0.05) is 97.1 Å². The molecular formula is C26H19Br. The fourth-order valence-electron chi connectivity index (χ4n) is 4.14. The molecule has 27 heavy (non-hydrogen) atoms. The van der Waals surface area contributed by atoms with Gasteiger partial charge in [-0.05, 0) is 60.6 Å². The van der Waals surface area contributed by atoms with Crippen molar-refractivity contribution in [3.63, 3.8) is 0 Å². The van der Waals surface area contributed by atoms with E-state index >= 15 is 0 Å². The van der Waals surface area contributed by atoms with Gasteiger partial charge >= 0.3 is 0 Å². The third kappa shape index (κ3) is 2.83. The van der Waals surface area contributed by atoms with E-state index in [0.717, 1.165) is 6.42 Å². The maximum Gasteiger partial charge on any atom is 0.0332 e. The van der Waals surface area contributed by atoms with Crippen LogP contribution in [0.3, 0.4) is 0 Å². The first-order chi connectivity index (χ1) is 13.3. The van der Waals surface area contributed by atoms with E-state index in [0.29, 0.717) is 5.92 Å². The molecular weight excluding hydrogens is 392 g/mol. The van der Waals surface area contributed by atoms with Crippen molar-refractivity contribution in [2.75, 3.05) is 0 Å². The molecule has 0 N–H and O–H groups in total. The SMILES string of the molecule is Brc1c2ccccc2c(C2=CCC(c3ccccc3)C=C2)c2ccccc12. The molecule has 1 aliphatic rings. The van der Waals surface area contributed by atoms with Crippen LogP contribution in [0.15, 0.2) is 102 Å². The van der Waals surface area contributed by atoms with Crippen molar-refractivity contribution < 1.29 is 0 Å².